The first-order valence-electron chi connectivity index (χ1n) is 6.04. The lowest BCUT2D eigenvalue weighted by molar-refractivity contribution is -0.0764. The van der Waals surface area contributed by atoms with Crippen molar-refractivity contribution in [1.29, 1.82) is 5.26 Å². The first-order chi connectivity index (χ1) is 8.95. The Morgan fingerprint density at radius 3 is 2.58 bits per heavy atom. The number of aliphatic hydroxyl groups is 1. The fourth-order valence-electron chi connectivity index (χ4n) is 2.36. The molecule has 0 unspecified atom stereocenters. The third kappa shape index (κ3) is 2.02. The van der Waals surface area contributed by atoms with Gasteiger partial charge in [-0.25, -0.2) is 13.4 Å². The Morgan fingerprint density at radius 2 is 2.11 bits per heavy atom. The van der Waals surface area contributed by atoms with Gasteiger partial charge in [-0.3, -0.25) is 0 Å². The Morgan fingerprint density at radius 1 is 1.42 bits per heavy atom. The third-order valence-corrected chi connectivity index (χ3v) is 5.50. The zero-order chi connectivity index (χ0) is 13.7. The zero-order valence-corrected chi connectivity index (χ0v) is 11.0. The summed E-state index contributed by atoms with van der Waals surface area (Å²) >= 11 is 0. The molecule has 1 aliphatic heterocycles. The summed E-state index contributed by atoms with van der Waals surface area (Å²) in [5, 5.41) is 18.8. The lowest BCUT2D eigenvalue weighted by atomic mass is 9.91. The molecule has 100 valence electrons. The molecule has 0 amide bonds. The van der Waals surface area contributed by atoms with Gasteiger partial charge < -0.3 is 5.11 Å². The molecular formula is C12H13N3O3S. The Balaban J connectivity index is 1.78. The van der Waals surface area contributed by atoms with Crippen LogP contribution in [0.5, 0.6) is 0 Å². The maximum atomic E-state index is 12.2. The molecule has 0 bridgehead atoms. The van der Waals surface area contributed by atoms with Crippen LogP contribution >= 0.6 is 0 Å². The molecule has 0 aromatic carbocycles. The van der Waals surface area contributed by atoms with E-state index in [9.17, 15) is 13.5 Å². The SMILES string of the molecule is N#Cc1ccc(S(=O)(=O)N2CC(O)(C3CC3)C2)cn1. The molecule has 1 N–H and O–H groups in total. The van der Waals surface area contributed by atoms with E-state index in [1.54, 1.807) is 0 Å². The van der Waals surface area contributed by atoms with Crippen molar-refractivity contribution >= 4 is 10.0 Å². The molecule has 2 heterocycles. The smallest absolute Gasteiger partial charge is 0.244 e. The number of nitrogens with zero attached hydrogens (tertiary/aromatic N) is 3. The highest BCUT2D eigenvalue weighted by molar-refractivity contribution is 7.89. The maximum Gasteiger partial charge on any atom is 0.244 e. The second-order valence-corrected chi connectivity index (χ2v) is 7.08. The van der Waals surface area contributed by atoms with Crippen molar-refractivity contribution in [2.45, 2.75) is 23.3 Å². The summed E-state index contributed by atoms with van der Waals surface area (Å²) in [6.45, 7) is 0.306. The molecular weight excluding hydrogens is 266 g/mol. The summed E-state index contributed by atoms with van der Waals surface area (Å²) in [6.07, 6.45) is 3.13. The van der Waals surface area contributed by atoms with Crippen molar-refractivity contribution in [3.63, 3.8) is 0 Å². The normalized spacial score (nSPS) is 22.5. The highest BCUT2D eigenvalue weighted by Crippen LogP contribution is 2.45. The molecule has 1 aromatic heterocycles. The monoisotopic (exact) mass is 279 g/mol. The van der Waals surface area contributed by atoms with E-state index >= 15 is 0 Å². The van der Waals surface area contributed by atoms with E-state index in [0.29, 0.717) is 0 Å². The standard InChI is InChI=1S/C12H13N3O3S/c13-5-10-3-4-11(6-14-10)19(17,18)15-7-12(16,8-15)9-1-2-9/h3-4,6,9,16H,1-2,7-8H2. The average molecular weight is 279 g/mol. The molecule has 6 nitrogen and oxygen atoms in total. The van der Waals surface area contributed by atoms with Crippen LogP contribution in [0.2, 0.25) is 0 Å². The second-order valence-electron chi connectivity index (χ2n) is 5.14. The van der Waals surface area contributed by atoms with Crippen LogP contribution in [0, 0.1) is 17.2 Å². The van der Waals surface area contributed by atoms with Crippen LogP contribution in [0.15, 0.2) is 23.2 Å². The predicted octanol–water partition coefficient (Wildman–Crippen LogP) is 0.0987. The van der Waals surface area contributed by atoms with Gasteiger partial charge in [-0.05, 0) is 30.9 Å². The minimum Gasteiger partial charge on any atom is -0.387 e. The molecule has 0 spiro atoms. The number of rotatable bonds is 3. The van der Waals surface area contributed by atoms with Gasteiger partial charge in [0, 0.05) is 19.3 Å². The van der Waals surface area contributed by atoms with Crippen LogP contribution < -0.4 is 0 Å². The van der Waals surface area contributed by atoms with Crippen LogP contribution in [0.25, 0.3) is 0 Å². The summed E-state index contributed by atoms with van der Waals surface area (Å²) in [7, 11) is -3.60. The minimum atomic E-state index is -3.60. The van der Waals surface area contributed by atoms with E-state index in [2.05, 4.69) is 4.98 Å². The van der Waals surface area contributed by atoms with Crippen molar-refractivity contribution in [3.05, 3.63) is 24.0 Å². The predicted molar refractivity (Wildman–Crippen MR) is 65.4 cm³/mol. The summed E-state index contributed by atoms with van der Waals surface area (Å²) in [5.74, 6) is 0.248. The van der Waals surface area contributed by atoms with Gasteiger partial charge in [-0.1, -0.05) is 0 Å². The van der Waals surface area contributed by atoms with Crippen molar-refractivity contribution in [2.24, 2.45) is 5.92 Å². The Kier molecular flexibility index (Phi) is 2.64. The molecule has 1 saturated heterocycles. The van der Waals surface area contributed by atoms with Crippen molar-refractivity contribution in [2.75, 3.05) is 13.1 Å². The molecule has 2 aliphatic rings. The number of pyridine rings is 1. The number of nitriles is 1. The lowest BCUT2D eigenvalue weighted by Gasteiger charge is -2.45. The maximum absolute atomic E-state index is 12.2. The van der Waals surface area contributed by atoms with E-state index in [4.69, 9.17) is 5.26 Å². The van der Waals surface area contributed by atoms with Gasteiger partial charge in [0.15, 0.2) is 0 Å². The van der Waals surface area contributed by atoms with Crippen molar-refractivity contribution in [3.8, 4) is 6.07 Å². The van der Waals surface area contributed by atoms with Gasteiger partial charge in [-0.2, -0.15) is 9.57 Å². The minimum absolute atomic E-state index is 0.0596. The van der Waals surface area contributed by atoms with E-state index in [1.807, 2.05) is 6.07 Å². The largest absolute Gasteiger partial charge is 0.387 e. The summed E-state index contributed by atoms with van der Waals surface area (Å²) in [4.78, 5) is 3.82. The lowest BCUT2D eigenvalue weighted by Crippen LogP contribution is -2.64. The number of sulfonamides is 1. The van der Waals surface area contributed by atoms with Gasteiger partial charge in [0.25, 0.3) is 0 Å². The highest BCUT2D eigenvalue weighted by Gasteiger charge is 2.55. The van der Waals surface area contributed by atoms with Crippen LogP contribution in [0.3, 0.4) is 0 Å². The Bertz CT molecular complexity index is 638. The van der Waals surface area contributed by atoms with E-state index in [1.165, 1.54) is 22.6 Å². The fraction of sp³-hybridized carbons (Fsp3) is 0.500. The molecule has 7 heteroatoms. The number of hydrogen-bond acceptors (Lipinski definition) is 5. The van der Waals surface area contributed by atoms with Gasteiger partial charge in [0.05, 0.1) is 5.60 Å². The first-order valence-corrected chi connectivity index (χ1v) is 7.48. The molecule has 1 aliphatic carbocycles. The second kappa shape index (κ2) is 4.00. The zero-order valence-electron chi connectivity index (χ0n) is 10.2. The van der Waals surface area contributed by atoms with Crippen LogP contribution in [-0.4, -0.2) is 41.5 Å². The Hall–Kier alpha value is -1.49. The molecule has 0 radical (unpaired) electrons. The third-order valence-electron chi connectivity index (χ3n) is 3.73. The van der Waals surface area contributed by atoms with Gasteiger partial charge in [-0.15, -0.1) is 0 Å². The van der Waals surface area contributed by atoms with E-state index < -0.39 is 15.6 Å². The summed E-state index contributed by atoms with van der Waals surface area (Å²) in [5.41, 5.74) is -0.662. The number of aromatic nitrogens is 1. The van der Waals surface area contributed by atoms with Crippen LogP contribution in [0.1, 0.15) is 18.5 Å². The average Bonchev–Trinajstić information content (AvgIpc) is 3.19. The van der Waals surface area contributed by atoms with Gasteiger partial charge in [0.1, 0.15) is 16.7 Å². The quantitative estimate of drug-likeness (QED) is 0.846. The number of hydrogen-bond donors (Lipinski definition) is 1. The van der Waals surface area contributed by atoms with E-state index in [0.717, 1.165) is 12.8 Å². The van der Waals surface area contributed by atoms with Crippen LogP contribution in [0.4, 0.5) is 0 Å². The molecule has 19 heavy (non-hydrogen) atoms. The molecule has 1 saturated carbocycles. The van der Waals surface area contributed by atoms with E-state index in [-0.39, 0.29) is 29.6 Å². The topological polar surface area (TPSA) is 94.3 Å². The Labute approximate surface area is 111 Å². The van der Waals surface area contributed by atoms with Gasteiger partial charge >= 0.3 is 0 Å². The molecule has 0 atom stereocenters. The van der Waals surface area contributed by atoms with Gasteiger partial charge in [0.2, 0.25) is 10.0 Å². The summed E-state index contributed by atoms with van der Waals surface area (Å²) in [6, 6.07) is 4.58. The fourth-order valence-corrected chi connectivity index (χ4v) is 3.87. The molecule has 3 rings (SSSR count). The van der Waals surface area contributed by atoms with Crippen LogP contribution in [-0.2, 0) is 10.0 Å². The molecule has 1 aromatic rings. The van der Waals surface area contributed by atoms with Crippen molar-refractivity contribution in [1.82, 2.24) is 9.29 Å². The first kappa shape index (κ1) is 12.5. The highest BCUT2D eigenvalue weighted by atomic mass is 32.2. The number of β-amino-alcohol motifs (C(OH)–C–C–N with tert-alkyl or cyclic N) is 1. The van der Waals surface area contributed by atoms with Crippen molar-refractivity contribution < 1.29 is 13.5 Å². The summed E-state index contributed by atoms with van der Waals surface area (Å²) < 4.78 is 25.7. The molecule has 2 fully saturated rings.